The normalized spacial score (nSPS) is 10.8. The lowest BCUT2D eigenvalue weighted by Gasteiger charge is -2.04. The van der Waals surface area contributed by atoms with Gasteiger partial charge in [-0.3, -0.25) is 9.89 Å². The van der Waals surface area contributed by atoms with Gasteiger partial charge < -0.3 is 5.73 Å². The van der Waals surface area contributed by atoms with Crippen molar-refractivity contribution in [3.63, 3.8) is 0 Å². The molecule has 0 saturated carbocycles. The number of benzene rings is 2. The predicted molar refractivity (Wildman–Crippen MR) is 70.0 cm³/mol. The number of aromatic amines is 1. The van der Waals surface area contributed by atoms with E-state index in [1.54, 1.807) is 24.3 Å². The number of carbonyl (C=O) groups excluding carboxylic acids is 1. The van der Waals surface area contributed by atoms with E-state index in [1.807, 2.05) is 12.1 Å². The van der Waals surface area contributed by atoms with Gasteiger partial charge in [0, 0.05) is 10.9 Å². The number of nitrogens with zero attached hydrogens (tertiary/aromatic N) is 1. The third kappa shape index (κ3) is 1.85. The van der Waals surface area contributed by atoms with Crippen LogP contribution in [0.1, 0.15) is 10.5 Å². The number of nitrogens with two attached hydrogens (primary N) is 1. The van der Waals surface area contributed by atoms with Crippen molar-refractivity contribution in [1.82, 2.24) is 10.2 Å². The predicted octanol–water partition coefficient (Wildman–Crippen LogP) is 2.47. The molecule has 19 heavy (non-hydrogen) atoms. The lowest BCUT2D eigenvalue weighted by Crippen LogP contribution is -2.10. The smallest absolute Gasteiger partial charge is 0.266 e. The van der Waals surface area contributed by atoms with E-state index in [4.69, 9.17) is 5.73 Å². The number of hydrogen-bond acceptors (Lipinski definition) is 2. The van der Waals surface area contributed by atoms with Crippen LogP contribution in [0.4, 0.5) is 4.39 Å². The Kier molecular flexibility index (Phi) is 2.52. The van der Waals surface area contributed by atoms with Gasteiger partial charge in [0.15, 0.2) is 0 Å². The lowest BCUT2D eigenvalue weighted by molar-refractivity contribution is 0.0995. The Hall–Kier alpha value is -2.69. The molecule has 5 heteroatoms. The highest BCUT2D eigenvalue weighted by atomic mass is 19.1. The minimum atomic E-state index is -0.579. The summed E-state index contributed by atoms with van der Waals surface area (Å²) in [5, 5.41) is 7.86. The second kappa shape index (κ2) is 4.20. The molecule has 94 valence electrons. The molecule has 0 aliphatic rings. The number of amides is 1. The van der Waals surface area contributed by atoms with Crippen LogP contribution in [0.25, 0.3) is 22.0 Å². The Morgan fingerprint density at radius 2 is 1.89 bits per heavy atom. The first-order valence-electron chi connectivity index (χ1n) is 5.69. The first-order valence-corrected chi connectivity index (χ1v) is 5.69. The van der Waals surface area contributed by atoms with Gasteiger partial charge in [-0.1, -0.05) is 24.3 Å². The van der Waals surface area contributed by atoms with E-state index in [0.717, 1.165) is 10.9 Å². The summed E-state index contributed by atoms with van der Waals surface area (Å²) in [5.74, 6) is -0.866. The minimum Gasteiger partial charge on any atom is -0.364 e. The molecule has 2 aromatic carbocycles. The van der Waals surface area contributed by atoms with Crippen molar-refractivity contribution >= 4 is 16.7 Å². The maximum atomic E-state index is 13.7. The molecule has 0 aliphatic heterocycles. The highest BCUT2D eigenvalue weighted by Gasteiger charge is 2.12. The molecule has 0 saturated heterocycles. The third-order valence-corrected chi connectivity index (χ3v) is 2.99. The average molecular weight is 255 g/mol. The fraction of sp³-hybridized carbons (Fsp3) is 0. The quantitative estimate of drug-likeness (QED) is 0.738. The first-order chi connectivity index (χ1) is 9.16. The lowest BCUT2D eigenvalue weighted by atomic mass is 10.0. The average Bonchev–Trinajstić information content (AvgIpc) is 2.89. The standard InChI is InChI=1S/C14H10FN3O/c15-11-6-5-10(8-3-1-2-4-9(8)11)12-7-13(14(16)19)18-17-12/h1-7H,(H2,16,19)(H,17,18). The SMILES string of the molecule is NC(=O)c1cc(-c2ccc(F)c3ccccc23)n[nH]1. The Morgan fingerprint density at radius 1 is 1.16 bits per heavy atom. The molecule has 3 aromatic rings. The van der Waals surface area contributed by atoms with Gasteiger partial charge in [0.25, 0.3) is 5.91 Å². The van der Waals surface area contributed by atoms with Crippen molar-refractivity contribution in [2.45, 2.75) is 0 Å². The molecule has 0 radical (unpaired) electrons. The van der Waals surface area contributed by atoms with Crippen LogP contribution in [0.15, 0.2) is 42.5 Å². The Morgan fingerprint density at radius 3 is 2.58 bits per heavy atom. The summed E-state index contributed by atoms with van der Waals surface area (Å²) in [4.78, 5) is 11.1. The molecule has 0 atom stereocenters. The van der Waals surface area contributed by atoms with Crippen molar-refractivity contribution in [1.29, 1.82) is 0 Å². The number of rotatable bonds is 2. The van der Waals surface area contributed by atoms with Crippen molar-refractivity contribution < 1.29 is 9.18 Å². The Labute approximate surface area is 108 Å². The van der Waals surface area contributed by atoms with Gasteiger partial charge in [0.05, 0.1) is 5.69 Å². The molecule has 1 heterocycles. The highest BCUT2D eigenvalue weighted by molar-refractivity contribution is 5.98. The molecule has 4 nitrogen and oxygen atoms in total. The van der Waals surface area contributed by atoms with Crippen molar-refractivity contribution in [3.8, 4) is 11.3 Å². The van der Waals surface area contributed by atoms with Gasteiger partial charge in [0.2, 0.25) is 0 Å². The van der Waals surface area contributed by atoms with Crippen molar-refractivity contribution in [2.24, 2.45) is 5.73 Å². The van der Waals surface area contributed by atoms with Crippen LogP contribution in [0, 0.1) is 5.82 Å². The molecule has 0 spiro atoms. The van der Waals surface area contributed by atoms with Gasteiger partial charge in [0.1, 0.15) is 11.5 Å². The zero-order valence-electron chi connectivity index (χ0n) is 9.85. The molecule has 1 amide bonds. The number of fused-ring (bicyclic) bond motifs is 1. The molecule has 1 aromatic heterocycles. The molecule has 3 N–H and O–H groups in total. The van der Waals surface area contributed by atoms with E-state index in [0.29, 0.717) is 11.1 Å². The van der Waals surface area contributed by atoms with Crippen LogP contribution in [-0.2, 0) is 0 Å². The third-order valence-electron chi connectivity index (χ3n) is 2.99. The number of H-pyrrole nitrogens is 1. The zero-order valence-corrected chi connectivity index (χ0v) is 9.85. The molecular weight excluding hydrogens is 245 g/mol. The zero-order chi connectivity index (χ0) is 13.4. The van der Waals surface area contributed by atoms with E-state index in [2.05, 4.69) is 10.2 Å². The number of nitrogens with one attached hydrogen (secondary N) is 1. The van der Waals surface area contributed by atoms with Crippen LogP contribution in [-0.4, -0.2) is 16.1 Å². The monoisotopic (exact) mass is 255 g/mol. The summed E-state index contributed by atoms with van der Waals surface area (Å²) in [7, 11) is 0. The number of hydrogen-bond donors (Lipinski definition) is 2. The molecule has 3 rings (SSSR count). The fourth-order valence-electron chi connectivity index (χ4n) is 2.07. The maximum absolute atomic E-state index is 13.7. The highest BCUT2D eigenvalue weighted by Crippen LogP contribution is 2.29. The Bertz CT molecular complexity index is 779. The van der Waals surface area contributed by atoms with Gasteiger partial charge in [-0.15, -0.1) is 0 Å². The van der Waals surface area contributed by atoms with Crippen LogP contribution < -0.4 is 5.73 Å². The number of carbonyl (C=O) groups is 1. The number of primary amides is 1. The fourth-order valence-corrected chi connectivity index (χ4v) is 2.07. The van der Waals surface area contributed by atoms with E-state index in [9.17, 15) is 9.18 Å². The molecule has 0 aliphatic carbocycles. The second-order valence-corrected chi connectivity index (χ2v) is 4.17. The van der Waals surface area contributed by atoms with Crippen LogP contribution in [0.2, 0.25) is 0 Å². The number of aromatic nitrogens is 2. The topological polar surface area (TPSA) is 71.8 Å². The largest absolute Gasteiger partial charge is 0.364 e. The van der Waals surface area contributed by atoms with Crippen LogP contribution in [0.3, 0.4) is 0 Å². The summed E-state index contributed by atoms with van der Waals surface area (Å²) in [6.07, 6.45) is 0. The van der Waals surface area contributed by atoms with Gasteiger partial charge in [-0.2, -0.15) is 5.10 Å². The summed E-state index contributed by atoms with van der Waals surface area (Å²) in [6, 6.07) is 11.7. The van der Waals surface area contributed by atoms with Crippen molar-refractivity contribution in [2.75, 3.05) is 0 Å². The van der Waals surface area contributed by atoms with E-state index in [-0.39, 0.29) is 11.5 Å². The summed E-state index contributed by atoms with van der Waals surface area (Å²) in [5.41, 5.74) is 6.71. The first kappa shape index (κ1) is 11.4. The van der Waals surface area contributed by atoms with Gasteiger partial charge in [-0.05, 0) is 23.6 Å². The van der Waals surface area contributed by atoms with E-state index in [1.165, 1.54) is 6.07 Å². The summed E-state index contributed by atoms with van der Waals surface area (Å²) in [6.45, 7) is 0. The second-order valence-electron chi connectivity index (χ2n) is 4.17. The van der Waals surface area contributed by atoms with Crippen LogP contribution in [0.5, 0.6) is 0 Å². The Balaban J connectivity index is 2.24. The molecule has 0 fully saturated rings. The number of halogens is 1. The maximum Gasteiger partial charge on any atom is 0.266 e. The molecular formula is C14H10FN3O. The van der Waals surface area contributed by atoms with Gasteiger partial charge in [-0.25, -0.2) is 4.39 Å². The summed E-state index contributed by atoms with van der Waals surface area (Å²) >= 11 is 0. The minimum absolute atomic E-state index is 0.225. The molecule has 0 bridgehead atoms. The molecule has 0 unspecified atom stereocenters. The van der Waals surface area contributed by atoms with Gasteiger partial charge >= 0.3 is 0 Å². The van der Waals surface area contributed by atoms with E-state index >= 15 is 0 Å². The summed E-state index contributed by atoms with van der Waals surface area (Å²) < 4.78 is 13.7. The van der Waals surface area contributed by atoms with E-state index < -0.39 is 5.91 Å². The van der Waals surface area contributed by atoms with Crippen molar-refractivity contribution in [3.05, 3.63) is 54.0 Å². The van der Waals surface area contributed by atoms with Crippen LogP contribution >= 0.6 is 0 Å².